The van der Waals surface area contributed by atoms with Gasteiger partial charge in [-0.3, -0.25) is 9.78 Å². The Hall–Kier alpha value is -1.64. The number of aromatic nitrogens is 1. The predicted octanol–water partition coefficient (Wildman–Crippen LogP) is 5.72. The zero-order valence-corrected chi connectivity index (χ0v) is 18.6. The lowest BCUT2D eigenvalue weighted by Crippen LogP contribution is -2.62. The lowest BCUT2D eigenvalue weighted by molar-refractivity contribution is -0.155. The van der Waals surface area contributed by atoms with Crippen molar-refractivity contribution in [2.45, 2.75) is 77.7 Å². The first-order valence-electron chi connectivity index (χ1n) is 12.4. The fourth-order valence-corrected chi connectivity index (χ4v) is 8.45. The highest BCUT2D eigenvalue weighted by atomic mass is 16.2. The topological polar surface area (TPSA) is 33.2 Å². The van der Waals surface area contributed by atoms with Gasteiger partial charge in [0.15, 0.2) is 0 Å². The van der Waals surface area contributed by atoms with Gasteiger partial charge in [0.25, 0.3) is 0 Å². The number of rotatable bonds is 2. The van der Waals surface area contributed by atoms with Gasteiger partial charge >= 0.3 is 0 Å². The van der Waals surface area contributed by atoms with Crippen LogP contribution in [0.1, 0.15) is 77.2 Å². The number of piperidine rings is 1. The summed E-state index contributed by atoms with van der Waals surface area (Å²) in [7, 11) is 0. The number of hydrogen-bond acceptors (Lipinski definition) is 2. The maximum atomic E-state index is 13.1. The van der Waals surface area contributed by atoms with Crippen molar-refractivity contribution >= 4 is 11.5 Å². The van der Waals surface area contributed by atoms with Gasteiger partial charge in [0, 0.05) is 30.9 Å². The van der Waals surface area contributed by atoms with Crippen molar-refractivity contribution in [2.24, 2.45) is 34.5 Å². The number of carbonyl (C=O) groups excluding carboxylic acids is 1. The number of carbonyl (C=O) groups is 1. The summed E-state index contributed by atoms with van der Waals surface area (Å²) in [5, 5.41) is 0. The Balaban J connectivity index is 1.28. The van der Waals surface area contributed by atoms with Crippen LogP contribution >= 0.6 is 0 Å². The molecule has 6 atom stereocenters. The summed E-state index contributed by atoms with van der Waals surface area (Å²) in [5.41, 5.74) is 3.51. The molecule has 160 valence electrons. The molecule has 3 saturated carbocycles. The van der Waals surface area contributed by atoms with Crippen molar-refractivity contribution in [3.8, 4) is 0 Å². The fourth-order valence-electron chi connectivity index (χ4n) is 8.45. The molecule has 0 radical (unpaired) electrons. The molecule has 3 nitrogen and oxygen atoms in total. The van der Waals surface area contributed by atoms with Crippen molar-refractivity contribution in [3.05, 3.63) is 36.2 Å². The van der Waals surface area contributed by atoms with E-state index in [9.17, 15) is 4.79 Å². The summed E-state index contributed by atoms with van der Waals surface area (Å²) in [6, 6.07) is 4.83. The van der Waals surface area contributed by atoms with E-state index in [-0.39, 0.29) is 0 Å². The summed E-state index contributed by atoms with van der Waals surface area (Å²) in [5.74, 6) is 3.21. The molecule has 30 heavy (non-hydrogen) atoms. The van der Waals surface area contributed by atoms with Gasteiger partial charge in [-0.25, -0.2) is 0 Å². The van der Waals surface area contributed by atoms with Crippen LogP contribution < -0.4 is 0 Å². The molecule has 1 aromatic heterocycles. The largest absolute Gasteiger partial charge is 0.339 e. The zero-order chi connectivity index (χ0) is 20.5. The third kappa shape index (κ3) is 2.63. The molecule has 0 aromatic carbocycles. The third-order valence-electron chi connectivity index (χ3n) is 10.1. The van der Waals surface area contributed by atoms with E-state index in [0.29, 0.717) is 28.7 Å². The van der Waals surface area contributed by atoms with Crippen LogP contribution in [0.2, 0.25) is 0 Å². The SMILES string of the molecule is C[C@]12CCCN(C(=O)C3CC3)C1CC[C@@H]1C2CC[C@]2(C)C(c3cccnc3)=CC[C@@H]12. The molecule has 1 aliphatic heterocycles. The molecule has 4 fully saturated rings. The summed E-state index contributed by atoms with van der Waals surface area (Å²) >= 11 is 0. The van der Waals surface area contributed by atoms with Crippen LogP contribution in [0.25, 0.3) is 5.57 Å². The Morgan fingerprint density at radius 3 is 2.73 bits per heavy atom. The first-order chi connectivity index (χ1) is 14.5. The molecule has 0 N–H and O–H groups in total. The van der Waals surface area contributed by atoms with Gasteiger partial charge in [-0.15, -0.1) is 0 Å². The highest BCUT2D eigenvalue weighted by Crippen LogP contribution is 2.66. The van der Waals surface area contributed by atoms with Gasteiger partial charge in [-0.2, -0.15) is 0 Å². The molecule has 2 heterocycles. The van der Waals surface area contributed by atoms with Crippen LogP contribution in [0.5, 0.6) is 0 Å². The molecule has 3 heteroatoms. The van der Waals surface area contributed by atoms with Gasteiger partial charge < -0.3 is 4.90 Å². The summed E-state index contributed by atoms with van der Waals surface area (Å²) in [4.78, 5) is 19.8. The summed E-state index contributed by atoms with van der Waals surface area (Å²) in [6.07, 6.45) is 17.7. The normalized spacial score (nSPS) is 42.7. The van der Waals surface area contributed by atoms with Crippen LogP contribution in [0.15, 0.2) is 30.6 Å². The van der Waals surface area contributed by atoms with Gasteiger partial charge in [0.05, 0.1) is 0 Å². The number of amides is 1. The van der Waals surface area contributed by atoms with E-state index in [1.807, 2.05) is 6.20 Å². The van der Waals surface area contributed by atoms with Crippen molar-refractivity contribution in [1.82, 2.24) is 9.88 Å². The standard InChI is InChI=1S/C27H36N2O/c1-26-14-12-23-20(22(26)10-9-21(26)19-5-3-15-28-17-19)8-11-24-27(23,2)13-4-16-29(24)25(30)18-6-7-18/h3,5,9,15,17-18,20,22-24H,4,6-8,10-14,16H2,1-2H3/t20-,22-,23?,24?,26+,27+/m0/s1. The Kier molecular flexibility index (Phi) is 4.25. The average molecular weight is 405 g/mol. The molecule has 2 unspecified atom stereocenters. The molecule has 4 aliphatic carbocycles. The second kappa shape index (κ2) is 6.68. The van der Waals surface area contributed by atoms with E-state index in [2.05, 4.69) is 48.1 Å². The van der Waals surface area contributed by atoms with Crippen molar-refractivity contribution < 1.29 is 4.79 Å². The van der Waals surface area contributed by atoms with Crippen LogP contribution in [0, 0.1) is 34.5 Å². The minimum absolute atomic E-state index is 0.297. The van der Waals surface area contributed by atoms with Crippen LogP contribution in [-0.4, -0.2) is 28.4 Å². The molecule has 5 aliphatic rings. The quantitative estimate of drug-likeness (QED) is 0.632. The first kappa shape index (κ1) is 19.1. The molecule has 0 bridgehead atoms. The van der Waals surface area contributed by atoms with Crippen LogP contribution in [0.3, 0.4) is 0 Å². The molecule has 6 rings (SSSR count). The van der Waals surface area contributed by atoms with E-state index in [1.165, 1.54) is 50.5 Å². The molecule has 0 spiro atoms. The maximum Gasteiger partial charge on any atom is 0.225 e. The zero-order valence-electron chi connectivity index (χ0n) is 18.6. The van der Waals surface area contributed by atoms with Gasteiger partial charge in [0.2, 0.25) is 5.91 Å². The Bertz CT molecular complexity index is 874. The highest BCUT2D eigenvalue weighted by Gasteiger charge is 2.60. The lowest BCUT2D eigenvalue weighted by atomic mass is 9.46. The van der Waals surface area contributed by atoms with E-state index in [0.717, 1.165) is 37.1 Å². The second-order valence-corrected chi connectivity index (χ2v) is 11.4. The number of nitrogens with zero attached hydrogens (tertiary/aromatic N) is 2. The smallest absolute Gasteiger partial charge is 0.225 e. The maximum absolute atomic E-state index is 13.1. The van der Waals surface area contributed by atoms with E-state index in [1.54, 1.807) is 5.57 Å². The molecule has 1 amide bonds. The highest BCUT2D eigenvalue weighted by molar-refractivity contribution is 5.81. The second-order valence-electron chi connectivity index (χ2n) is 11.4. The van der Waals surface area contributed by atoms with Crippen LogP contribution in [-0.2, 0) is 4.79 Å². The first-order valence-corrected chi connectivity index (χ1v) is 12.4. The minimum atomic E-state index is 0.297. The Morgan fingerprint density at radius 2 is 1.97 bits per heavy atom. The van der Waals surface area contributed by atoms with Gasteiger partial charge in [-0.05, 0) is 104 Å². The lowest BCUT2D eigenvalue weighted by Gasteiger charge is -2.62. The fraction of sp³-hybridized carbons (Fsp3) is 0.704. The van der Waals surface area contributed by atoms with Gasteiger partial charge in [-0.1, -0.05) is 26.0 Å². The number of pyridine rings is 1. The predicted molar refractivity (Wildman–Crippen MR) is 119 cm³/mol. The minimum Gasteiger partial charge on any atom is -0.339 e. The van der Waals surface area contributed by atoms with E-state index < -0.39 is 0 Å². The van der Waals surface area contributed by atoms with E-state index in [4.69, 9.17) is 0 Å². The molecular weight excluding hydrogens is 368 g/mol. The number of allylic oxidation sites excluding steroid dienone is 2. The summed E-state index contributed by atoms with van der Waals surface area (Å²) in [6.45, 7) is 6.12. The van der Waals surface area contributed by atoms with Crippen molar-refractivity contribution in [3.63, 3.8) is 0 Å². The van der Waals surface area contributed by atoms with Gasteiger partial charge in [0.1, 0.15) is 0 Å². The summed E-state index contributed by atoms with van der Waals surface area (Å²) < 4.78 is 0. The Labute approximate surface area is 181 Å². The van der Waals surface area contributed by atoms with Crippen LogP contribution in [0.4, 0.5) is 0 Å². The third-order valence-corrected chi connectivity index (χ3v) is 10.1. The van der Waals surface area contributed by atoms with Crippen molar-refractivity contribution in [1.29, 1.82) is 0 Å². The Morgan fingerprint density at radius 1 is 1.10 bits per heavy atom. The average Bonchev–Trinajstić information content (AvgIpc) is 3.54. The van der Waals surface area contributed by atoms with Crippen molar-refractivity contribution in [2.75, 3.05) is 6.54 Å². The monoisotopic (exact) mass is 404 g/mol. The number of hydrogen-bond donors (Lipinski definition) is 0. The molecule has 1 saturated heterocycles. The number of fused-ring (bicyclic) bond motifs is 5. The van der Waals surface area contributed by atoms with E-state index >= 15 is 0 Å². The molecular formula is C27H36N2O. The number of likely N-dealkylation sites (tertiary alicyclic amines) is 1. The molecule has 1 aromatic rings.